The Kier molecular flexibility index (Phi) is 11.0. The zero-order chi connectivity index (χ0) is 34.0. The van der Waals surface area contributed by atoms with E-state index in [-0.39, 0.29) is 0 Å². The summed E-state index contributed by atoms with van der Waals surface area (Å²) in [6.45, 7) is 5.54. The van der Waals surface area contributed by atoms with E-state index in [0.717, 1.165) is 66.4 Å². The van der Waals surface area contributed by atoms with Crippen LogP contribution in [0.2, 0.25) is 0 Å². The second-order valence-electron chi connectivity index (χ2n) is 10.7. The van der Waals surface area contributed by atoms with Crippen molar-refractivity contribution < 1.29 is 28.4 Å². The third-order valence-corrected chi connectivity index (χ3v) is 8.10. The van der Waals surface area contributed by atoms with E-state index >= 15 is 0 Å². The van der Waals surface area contributed by atoms with Gasteiger partial charge >= 0.3 is 0 Å². The number of piperazine rings is 1. The number of ether oxygens (including phenoxy) is 6. The molecule has 0 spiro atoms. The Labute approximate surface area is 282 Å². The molecule has 248 valence electrons. The Bertz CT molecular complexity index is 1830. The average molecular weight is 649 g/mol. The van der Waals surface area contributed by atoms with Gasteiger partial charge in [0.15, 0.2) is 23.0 Å². The van der Waals surface area contributed by atoms with Crippen molar-refractivity contribution in [1.29, 1.82) is 0 Å². The molecule has 1 saturated heterocycles. The molecule has 2 aromatic heterocycles. The van der Waals surface area contributed by atoms with Crippen molar-refractivity contribution >= 4 is 11.4 Å². The minimum absolute atomic E-state index is 0.530. The SMILES string of the molecule is CCc1c(N2CCN(c3ccnc(C#Cc4cc(OC)c(OC)c(OC)c4)c3)CC2)ccnc1C#Cc1cc(OC)c(OC)c(OC)c1. The highest BCUT2D eigenvalue weighted by Crippen LogP contribution is 2.39. The second-order valence-corrected chi connectivity index (χ2v) is 10.7. The van der Waals surface area contributed by atoms with Crippen LogP contribution >= 0.6 is 0 Å². The third-order valence-electron chi connectivity index (χ3n) is 8.10. The first kappa shape index (κ1) is 33.6. The number of methoxy groups -OCH3 is 6. The molecule has 48 heavy (non-hydrogen) atoms. The summed E-state index contributed by atoms with van der Waals surface area (Å²) in [6, 6.07) is 13.5. The minimum atomic E-state index is 0.530. The van der Waals surface area contributed by atoms with E-state index in [0.29, 0.717) is 40.2 Å². The van der Waals surface area contributed by atoms with Crippen molar-refractivity contribution in [3.8, 4) is 58.2 Å². The molecule has 0 aliphatic carbocycles. The number of aromatic nitrogens is 2. The molecule has 1 aliphatic heterocycles. The molecule has 0 atom stereocenters. The van der Waals surface area contributed by atoms with Gasteiger partial charge in [-0.2, -0.15) is 0 Å². The van der Waals surface area contributed by atoms with Crippen molar-refractivity contribution in [3.05, 3.63) is 82.9 Å². The molecule has 2 aromatic carbocycles. The van der Waals surface area contributed by atoms with Crippen LogP contribution in [-0.2, 0) is 6.42 Å². The van der Waals surface area contributed by atoms with Gasteiger partial charge in [0.05, 0.1) is 42.7 Å². The molecule has 3 heterocycles. The van der Waals surface area contributed by atoms with Gasteiger partial charge in [-0.1, -0.05) is 18.8 Å². The maximum Gasteiger partial charge on any atom is 0.203 e. The number of rotatable bonds is 9. The van der Waals surface area contributed by atoms with Gasteiger partial charge in [0.25, 0.3) is 0 Å². The molecule has 1 fully saturated rings. The number of pyridine rings is 2. The van der Waals surface area contributed by atoms with Crippen LogP contribution in [0, 0.1) is 23.7 Å². The number of hydrogen-bond acceptors (Lipinski definition) is 10. The third kappa shape index (κ3) is 7.29. The van der Waals surface area contributed by atoms with Crippen LogP contribution in [-0.4, -0.2) is 78.8 Å². The van der Waals surface area contributed by atoms with E-state index in [2.05, 4.69) is 56.4 Å². The number of hydrogen-bond donors (Lipinski definition) is 0. The Hall–Kier alpha value is -5.74. The number of anilines is 2. The summed E-state index contributed by atoms with van der Waals surface area (Å²) in [6.07, 6.45) is 4.45. The van der Waals surface area contributed by atoms with E-state index in [1.165, 1.54) is 0 Å². The smallest absolute Gasteiger partial charge is 0.203 e. The van der Waals surface area contributed by atoms with Crippen LogP contribution < -0.4 is 38.2 Å². The quantitative estimate of drug-likeness (QED) is 0.225. The highest BCUT2D eigenvalue weighted by molar-refractivity contribution is 5.63. The van der Waals surface area contributed by atoms with Crippen LogP contribution in [0.15, 0.2) is 54.9 Å². The average Bonchev–Trinajstić information content (AvgIpc) is 3.15. The first-order chi connectivity index (χ1) is 23.5. The molecule has 5 rings (SSSR count). The molecule has 0 bridgehead atoms. The van der Waals surface area contributed by atoms with Crippen LogP contribution in [0.4, 0.5) is 11.4 Å². The number of benzene rings is 2. The summed E-state index contributed by atoms with van der Waals surface area (Å²) in [7, 11) is 9.52. The Morgan fingerprint density at radius 3 is 1.58 bits per heavy atom. The lowest BCUT2D eigenvalue weighted by Crippen LogP contribution is -2.47. The van der Waals surface area contributed by atoms with E-state index in [1.807, 2.05) is 42.6 Å². The maximum atomic E-state index is 5.49. The first-order valence-corrected chi connectivity index (χ1v) is 15.5. The summed E-state index contributed by atoms with van der Waals surface area (Å²) >= 11 is 0. The Morgan fingerprint density at radius 2 is 1.08 bits per heavy atom. The lowest BCUT2D eigenvalue weighted by Gasteiger charge is -2.38. The normalized spacial score (nSPS) is 12.2. The topological polar surface area (TPSA) is 87.6 Å². The molecule has 10 heteroatoms. The fourth-order valence-electron chi connectivity index (χ4n) is 5.70. The predicted molar refractivity (Wildman–Crippen MR) is 186 cm³/mol. The molecule has 0 saturated carbocycles. The fourth-order valence-corrected chi connectivity index (χ4v) is 5.70. The van der Waals surface area contributed by atoms with Crippen LogP contribution in [0.3, 0.4) is 0 Å². The van der Waals surface area contributed by atoms with Crippen molar-refractivity contribution in [2.24, 2.45) is 0 Å². The zero-order valence-electron chi connectivity index (χ0n) is 28.5. The molecule has 0 radical (unpaired) electrons. The van der Waals surface area contributed by atoms with Gasteiger partial charge in [0.2, 0.25) is 11.5 Å². The van der Waals surface area contributed by atoms with Gasteiger partial charge in [0.1, 0.15) is 11.4 Å². The lowest BCUT2D eigenvalue weighted by molar-refractivity contribution is 0.324. The predicted octanol–water partition coefficient (Wildman–Crippen LogP) is 5.22. The highest BCUT2D eigenvalue weighted by Gasteiger charge is 2.21. The van der Waals surface area contributed by atoms with Crippen LogP contribution in [0.1, 0.15) is 35.0 Å². The van der Waals surface area contributed by atoms with Gasteiger partial charge in [-0.05, 0) is 60.7 Å². The van der Waals surface area contributed by atoms with Crippen molar-refractivity contribution in [2.45, 2.75) is 13.3 Å². The highest BCUT2D eigenvalue weighted by atomic mass is 16.5. The molecule has 1 aliphatic rings. The minimum Gasteiger partial charge on any atom is -0.493 e. The van der Waals surface area contributed by atoms with Crippen molar-refractivity contribution in [1.82, 2.24) is 9.97 Å². The van der Waals surface area contributed by atoms with Gasteiger partial charge in [-0.25, -0.2) is 9.97 Å². The number of nitrogens with zero attached hydrogens (tertiary/aromatic N) is 4. The monoisotopic (exact) mass is 648 g/mol. The van der Waals surface area contributed by atoms with E-state index in [1.54, 1.807) is 48.9 Å². The molecule has 10 nitrogen and oxygen atoms in total. The fraction of sp³-hybridized carbons (Fsp3) is 0.316. The van der Waals surface area contributed by atoms with Gasteiger partial charge in [0, 0.05) is 66.6 Å². The van der Waals surface area contributed by atoms with E-state index in [4.69, 9.17) is 28.4 Å². The van der Waals surface area contributed by atoms with Crippen LogP contribution in [0.5, 0.6) is 34.5 Å². The van der Waals surface area contributed by atoms with Gasteiger partial charge < -0.3 is 38.2 Å². The summed E-state index contributed by atoms with van der Waals surface area (Å²) in [5.74, 6) is 16.2. The Balaban J connectivity index is 1.31. The Morgan fingerprint density at radius 1 is 0.583 bits per heavy atom. The lowest BCUT2D eigenvalue weighted by atomic mass is 10.1. The van der Waals surface area contributed by atoms with E-state index < -0.39 is 0 Å². The van der Waals surface area contributed by atoms with Crippen molar-refractivity contribution in [2.75, 3.05) is 78.6 Å². The first-order valence-electron chi connectivity index (χ1n) is 15.5. The summed E-state index contributed by atoms with van der Waals surface area (Å²) in [5.41, 5.74) is 6.30. The van der Waals surface area contributed by atoms with Crippen molar-refractivity contribution in [3.63, 3.8) is 0 Å². The summed E-state index contributed by atoms with van der Waals surface area (Å²) < 4.78 is 32.8. The zero-order valence-corrected chi connectivity index (χ0v) is 28.5. The summed E-state index contributed by atoms with van der Waals surface area (Å²) in [4.78, 5) is 13.9. The van der Waals surface area contributed by atoms with Crippen LogP contribution in [0.25, 0.3) is 0 Å². The van der Waals surface area contributed by atoms with Gasteiger partial charge in [-0.15, -0.1) is 0 Å². The largest absolute Gasteiger partial charge is 0.493 e. The standard InChI is InChI=1S/C38H40N4O6/c1-8-30-31(12-10-27-23-35(45-4)38(48-7)36(24-27)46-5)40-16-14-32(30)42-19-17-41(18-20-42)29-13-15-39-28(25-29)11-9-26-21-33(43-2)37(47-6)34(22-26)44-3/h13-16,21-25H,8,17-20H2,1-7H3. The maximum absolute atomic E-state index is 5.49. The van der Waals surface area contributed by atoms with E-state index in [9.17, 15) is 0 Å². The molecule has 0 amide bonds. The van der Waals surface area contributed by atoms with Gasteiger partial charge in [-0.3, -0.25) is 0 Å². The molecule has 4 aromatic rings. The molecular formula is C38H40N4O6. The second kappa shape index (κ2) is 15.7. The molecule has 0 N–H and O–H groups in total. The molecular weight excluding hydrogens is 608 g/mol. The molecule has 0 unspecified atom stereocenters. The summed E-state index contributed by atoms with van der Waals surface area (Å²) in [5, 5.41) is 0.